The van der Waals surface area contributed by atoms with Gasteiger partial charge in [0.1, 0.15) is 6.10 Å². The molecular formula is C30H34O2. The highest BCUT2D eigenvalue weighted by Crippen LogP contribution is 2.42. The molecule has 0 aliphatic carbocycles. The fraction of sp³-hybridized carbons (Fsp3) is 0.367. The van der Waals surface area contributed by atoms with Crippen molar-refractivity contribution >= 4 is 5.78 Å². The van der Waals surface area contributed by atoms with Crippen LogP contribution in [-0.4, -0.2) is 11.9 Å². The van der Waals surface area contributed by atoms with Crippen LogP contribution in [0.15, 0.2) is 78.9 Å². The van der Waals surface area contributed by atoms with Gasteiger partial charge in [-0.05, 0) is 49.3 Å². The van der Waals surface area contributed by atoms with Crippen molar-refractivity contribution in [3.8, 4) is 0 Å². The van der Waals surface area contributed by atoms with E-state index in [2.05, 4.69) is 54.6 Å². The highest BCUT2D eigenvalue weighted by atomic mass is 16.6. The molecule has 0 saturated carbocycles. The molecule has 2 atom stereocenters. The van der Waals surface area contributed by atoms with Crippen LogP contribution >= 0.6 is 0 Å². The van der Waals surface area contributed by atoms with Crippen LogP contribution in [0, 0.1) is 6.92 Å². The molecule has 0 radical (unpaired) electrons. The maximum Gasteiger partial charge on any atom is 0.194 e. The van der Waals surface area contributed by atoms with Crippen molar-refractivity contribution in [2.45, 2.75) is 70.5 Å². The number of hydrogen-bond acceptors (Lipinski definition) is 2. The maximum atomic E-state index is 12.8. The number of carbonyl (C=O) groups is 1. The standard InChI is InChI=1S/C30H34O2/c1-23-19-21-26(22-20-23)28(31)30-29(32-30)27-18-12-11-17-25(27)16-10-5-3-2-4-7-13-24-14-8-6-9-15-24/h6,8-9,11-12,14-15,17-22,29-30H,2-5,7,10,13,16H2,1H3/t29-,30-/m0/s1. The summed E-state index contributed by atoms with van der Waals surface area (Å²) in [5.41, 5.74) is 5.89. The quantitative estimate of drug-likeness (QED) is 0.171. The molecule has 32 heavy (non-hydrogen) atoms. The smallest absolute Gasteiger partial charge is 0.194 e. The number of carbonyl (C=O) groups excluding carboxylic acids is 1. The van der Waals surface area contributed by atoms with Crippen LogP contribution in [0.2, 0.25) is 0 Å². The number of ether oxygens (including phenoxy) is 1. The van der Waals surface area contributed by atoms with Gasteiger partial charge in [-0.2, -0.15) is 0 Å². The van der Waals surface area contributed by atoms with Gasteiger partial charge in [-0.25, -0.2) is 0 Å². The van der Waals surface area contributed by atoms with E-state index in [1.807, 2.05) is 31.2 Å². The predicted molar refractivity (Wildman–Crippen MR) is 131 cm³/mol. The van der Waals surface area contributed by atoms with Crippen molar-refractivity contribution in [3.05, 3.63) is 107 Å². The van der Waals surface area contributed by atoms with Gasteiger partial charge >= 0.3 is 0 Å². The van der Waals surface area contributed by atoms with Crippen LogP contribution in [0.4, 0.5) is 0 Å². The lowest BCUT2D eigenvalue weighted by Crippen LogP contribution is -2.08. The van der Waals surface area contributed by atoms with Crippen LogP contribution in [0.1, 0.15) is 77.2 Å². The monoisotopic (exact) mass is 426 g/mol. The summed E-state index contributed by atoms with van der Waals surface area (Å²) in [6, 6.07) is 27.0. The summed E-state index contributed by atoms with van der Waals surface area (Å²) in [4.78, 5) is 12.8. The number of epoxide rings is 1. The molecule has 1 aliphatic rings. The Hall–Kier alpha value is -2.71. The zero-order chi connectivity index (χ0) is 22.2. The Bertz CT molecular complexity index is 991. The minimum Gasteiger partial charge on any atom is -0.356 e. The van der Waals surface area contributed by atoms with Crippen LogP contribution in [0.25, 0.3) is 0 Å². The number of aryl methyl sites for hydroxylation is 3. The van der Waals surface area contributed by atoms with Crippen molar-refractivity contribution in [3.63, 3.8) is 0 Å². The Morgan fingerprint density at radius 2 is 1.34 bits per heavy atom. The van der Waals surface area contributed by atoms with E-state index in [0.717, 1.165) is 17.5 Å². The van der Waals surface area contributed by atoms with Gasteiger partial charge in [-0.15, -0.1) is 0 Å². The molecular weight excluding hydrogens is 392 g/mol. The van der Waals surface area contributed by atoms with E-state index in [-0.39, 0.29) is 18.0 Å². The Balaban J connectivity index is 1.18. The highest BCUT2D eigenvalue weighted by molar-refractivity contribution is 6.01. The van der Waals surface area contributed by atoms with Crippen molar-refractivity contribution in [2.75, 3.05) is 0 Å². The van der Waals surface area contributed by atoms with Crippen molar-refractivity contribution in [2.24, 2.45) is 0 Å². The van der Waals surface area contributed by atoms with E-state index >= 15 is 0 Å². The Morgan fingerprint density at radius 3 is 2.09 bits per heavy atom. The Labute approximate surface area is 192 Å². The number of benzene rings is 3. The number of ketones is 1. The molecule has 2 heteroatoms. The van der Waals surface area contributed by atoms with Crippen molar-refractivity contribution < 1.29 is 9.53 Å². The average molecular weight is 427 g/mol. The normalized spacial score (nSPS) is 17.3. The minimum absolute atomic E-state index is 0.0852. The topological polar surface area (TPSA) is 29.6 Å². The molecule has 0 aromatic heterocycles. The summed E-state index contributed by atoms with van der Waals surface area (Å²) < 4.78 is 5.85. The maximum absolute atomic E-state index is 12.8. The largest absolute Gasteiger partial charge is 0.356 e. The van der Waals surface area contributed by atoms with Crippen LogP contribution < -0.4 is 0 Å². The van der Waals surface area contributed by atoms with Crippen LogP contribution in [-0.2, 0) is 17.6 Å². The molecule has 0 amide bonds. The molecule has 0 unspecified atom stereocenters. The van der Waals surface area contributed by atoms with Gasteiger partial charge in [0.2, 0.25) is 0 Å². The van der Waals surface area contributed by atoms with E-state index in [4.69, 9.17) is 4.74 Å². The molecule has 1 heterocycles. The summed E-state index contributed by atoms with van der Waals surface area (Å²) in [6.45, 7) is 2.03. The molecule has 2 nitrogen and oxygen atoms in total. The molecule has 3 aromatic rings. The Morgan fingerprint density at radius 1 is 0.719 bits per heavy atom. The second-order valence-corrected chi connectivity index (χ2v) is 9.01. The van der Waals surface area contributed by atoms with E-state index in [0.29, 0.717) is 0 Å². The van der Waals surface area contributed by atoms with E-state index in [1.54, 1.807) is 0 Å². The molecule has 0 spiro atoms. The summed E-state index contributed by atoms with van der Waals surface area (Å²) >= 11 is 0. The lowest BCUT2D eigenvalue weighted by Gasteiger charge is -2.08. The third-order valence-electron chi connectivity index (χ3n) is 6.45. The Kier molecular flexibility index (Phi) is 7.90. The first kappa shape index (κ1) is 22.5. The van der Waals surface area contributed by atoms with E-state index in [9.17, 15) is 4.79 Å². The van der Waals surface area contributed by atoms with Gasteiger partial charge in [0.25, 0.3) is 0 Å². The van der Waals surface area contributed by atoms with Crippen LogP contribution in [0.3, 0.4) is 0 Å². The molecule has 1 fully saturated rings. The lowest BCUT2D eigenvalue weighted by atomic mass is 9.95. The fourth-order valence-corrected chi connectivity index (χ4v) is 4.47. The van der Waals surface area contributed by atoms with Crippen molar-refractivity contribution in [1.29, 1.82) is 0 Å². The summed E-state index contributed by atoms with van der Waals surface area (Å²) in [5, 5.41) is 0. The summed E-state index contributed by atoms with van der Waals surface area (Å²) in [5.74, 6) is 0.0975. The predicted octanol–water partition coefficient (Wildman–Crippen LogP) is 7.44. The van der Waals surface area contributed by atoms with Gasteiger partial charge in [-0.1, -0.05) is 110 Å². The van der Waals surface area contributed by atoms with E-state index < -0.39 is 0 Å². The molecule has 3 aromatic carbocycles. The van der Waals surface area contributed by atoms with E-state index in [1.165, 1.54) is 61.6 Å². The third kappa shape index (κ3) is 6.17. The number of rotatable bonds is 12. The lowest BCUT2D eigenvalue weighted by molar-refractivity contribution is 0.0953. The highest BCUT2D eigenvalue weighted by Gasteiger charge is 2.46. The summed E-state index contributed by atoms with van der Waals surface area (Å²) in [6.07, 6.45) is 9.49. The van der Waals surface area contributed by atoms with Crippen molar-refractivity contribution in [1.82, 2.24) is 0 Å². The minimum atomic E-state index is -0.330. The first-order valence-corrected chi connectivity index (χ1v) is 12.1. The molecule has 166 valence electrons. The first-order valence-electron chi connectivity index (χ1n) is 12.1. The van der Waals surface area contributed by atoms with Gasteiger partial charge in [0.15, 0.2) is 11.9 Å². The molecule has 1 aliphatic heterocycles. The average Bonchev–Trinajstić information content (AvgIpc) is 3.62. The van der Waals surface area contributed by atoms with Gasteiger partial charge in [0, 0.05) is 5.56 Å². The second-order valence-electron chi connectivity index (χ2n) is 9.01. The van der Waals surface area contributed by atoms with Gasteiger partial charge in [-0.3, -0.25) is 4.79 Å². The molecule has 0 N–H and O–H groups in total. The molecule has 1 saturated heterocycles. The molecule has 0 bridgehead atoms. The SMILES string of the molecule is Cc1ccc(C(=O)[C@@H]2O[C@H]2c2ccccc2CCCCCCCCc2ccccc2)cc1. The fourth-order valence-electron chi connectivity index (χ4n) is 4.47. The first-order chi connectivity index (χ1) is 15.7. The van der Waals surface area contributed by atoms with Crippen LogP contribution in [0.5, 0.6) is 0 Å². The second kappa shape index (κ2) is 11.2. The van der Waals surface area contributed by atoms with Gasteiger partial charge < -0.3 is 4.74 Å². The summed E-state index contributed by atoms with van der Waals surface area (Å²) in [7, 11) is 0. The number of hydrogen-bond donors (Lipinski definition) is 0. The number of unbranched alkanes of at least 4 members (excludes halogenated alkanes) is 5. The zero-order valence-electron chi connectivity index (χ0n) is 19.1. The van der Waals surface area contributed by atoms with Gasteiger partial charge in [0.05, 0.1) is 0 Å². The number of Topliss-reactive ketones (excluding diaryl/α,β-unsaturated/α-hetero) is 1. The molecule has 4 rings (SSSR count). The third-order valence-corrected chi connectivity index (χ3v) is 6.45. The zero-order valence-corrected chi connectivity index (χ0v) is 19.1.